The van der Waals surface area contributed by atoms with Crippen LogP contribution in [0.5, 0.6) is 17.2 Å². The van der Waals surface area contributed by atoms with Gasteiger partial charge in [0.1, 0.15) is 17.2 Å². The Morgan fingerprint density at radius 3 is 0.974 bits per heavy atom. The Hall–Kier alpha value is -3.31. The van der Waals surface area contributed by atoms with E-state index in [9.17, 15) is 4.57 Å². The van der Waals surface area contributed by atoms with E-state index in [-0.39, 0.29) is 0 Å². The summed E-state index contributed by atoms with van der Waals surface area (Å²) in [5.74, 6) is 1.08. The summed E-state index contributed by atoms with van der Waals surface area (Å²) in [7, 11) is -4.30. The Morgan fingerprint density at radius 1 is 0.500 bits per heavy atom. The molecule has 38 heavy (non-hydrogen) atoms. The second kappa shape index (κ2) is 12.5. The van der Waals surface area contributed by atoms with Crippen molar-refractivity contribution in [3.63, 3.8) is 0 Å². The van der Waals surface area contributed by atoms with Crippen LogP contribution in [0.4, 0.5) is 17.1 Å². The van der Waals surface area contributed by atoms with Gasteiger partial charge in [-0.05, 0) is 73.4 Å². The number of aryl methyl sites for hydroxylation is 3. The molecule has 7 nitrogen and oxygen atoms in total. The van der Waals surface area contributed by atoms with Gasteiger partial charge in [0.2, 0.25) is 0 Å². The molecule has 0 radical (unpaired) electrons. The number of rotatable bonds is 12. The first-order chi connectivity index (χ1) is 18.2. The Morgan fingerprint density at radius 2 is 0.763 bits per heavy atom. The minimum absolute atomic E-state index is 0.359. The Balaban J connectivity index is 2.16. The maximum atomic E-state index is 14.5. The van der Waals surface area contributed by atoms with E-state index in [2.05, 4.69) is 0 Å². The third kappa shape index (κ3) is 5.88. The van der Waals surface area contributed by atoms with Gasteiger partial charge in [-0.15, -0.1) is 0 Å². The van der Waals surface area contributed by atoms with Gasteiger partial charge in [0, 0.05) is 33.8 Å². The lowest BCUT2D eigenvalue weighted by atomic mass is 10.0. The van der Waals surface area contributed by atoms with Crippen molar-refractivity contribution in [2.24, 2.45) is 0 Å². The topological polar surface area (TPSA) is 123 Å². The van der Waals surface area contributed by atoms with Gasteiger partial charge in [0.05, 0.1) is 0 Å². The maximum Gasteiger partial charge on any atom is 0.647 e. The quantitative estimate of drug-likeness (QED) is 0.161. The SMILES string of the molecule is CCc1ccc(OP(=O)(Oc2ccc(CC)c(N)c2CC)Oc2ccc(CC)c(N)c2CC)c(CC)c1N. The van der Waals surface area contributed by atoms with E-state index in [0.717, 1.165) is 52.6 Å². The van der Waals surface area contributed by atoms with Crippen LogP contribution in [0.3, 0.4) is 0 Å². The fourth-order valence-electron chi connectivity index (χ4n) is 4.77. The molecule has 3 rings (SSSR count). The number of nitrogens with two attached hydrogens (primary N) is 3. The third-order valence-corrected chi connectivity index (χ3v) is 8.31. The lowest BCUT2D eigenvalue weighted by Crippen LogP contribution is -2.13. The number of phosphoric acid groups is 1. The average molecular weight is 540 g/mol. The van der Waals surface area contributed by atoms with Crippen LogP contribution in [0.2, 0.25) is 0 Å². The molecule has 0 aromatic heterocycles. The lowest BCUT2D eigenvalue weighted by molar-refractivity contribution is 0.296. The molecule has 0 fully saturated rings. The van der Waals surface area contributed by atoms with Crippen LogP contribution in [-0.2, 0) is 43.1 Å². The zero-order chi connectivity index (χ0) is 28.0. The van der Waals surface area contributed by atoms with Crippen molar-refractivity contribution in [3.05, 3.63) is 69.8 Å². The fourth-order valence-corrected chi connectivity index (χ4v) is 6.12. The minimum Gasteiger partial charge on any atom is -0.398 e. The van der Waals surface area contributed by atoms with Crippen molar-refractivity contribution in [2.75, 3.05) is 17.2 Å². The third-order valence-electron chi connectivity index (χ3n) is 7.05. The minimum atomic E-state index is -4.30. The van der Waals surface area contributed by atoms with Gasteiger partial charge in [0.15, 0.2) is 0 Å². The van der Waals surface area contributed by atoms with Gasteiger partial charge in [-0.3, -0.25) is 0 Å². The largest absolute Gasteiger partial charge is 0.647 e. The second-order valence-corrected chi connectivity index (χ2v) is 10.6. The Labute approximate surface area is 227 Å². The van der Waals surface area contributed by atoms with Crippen molar-refractivity contribution >= 4 is 24.9 Å². The van der Waals surface area contributed by atoms with Gasteiger partial charge in [0.25, 0.3) is 0 Å². The first-order valence-electron chi connectivity index (χ1n) is 13.6. The van der Waals surface area contributed by atoms with Gasteiger partial charge < -0.3 is 30.8 Å². The zero-order valence-corrected chi connectivity index (χ0v) is 24.4. The molecule has 3 aromatic rings. The molecule has 0 aliphatic heterocycles. The highest BCUT2D eigenvalue weighted by molar-refractivity contribution is 7.49. The predicted molar refractivity (Wildman–Crippen MR) is 158 cm³/mol. The maximum absolute atomic E-state index is 14.5. The molecule has 0 saturated heterocycles. The molecule has 8 heteroatoms. The molecule has 0 spiro atoms. The van der Waals surface area contributed by atoms with E-state index >= 15 is 0 Å². The average Bonchev–Trinajstić information content (AvgIpc) is 2.89. The first kappa shape index (κ1) is 29.2. The van der Waals surface area contributed by atoms with Gasteiger partial charge in [-0.1, -0.05) is 59.7 Å². The van der Waals surface area contributed by atoms with Crippen molar-refractivity contribution in [2.45, 2.75) is 80.1 Å². The summed E-state index contributed by atoms with van der Waals surface area (Å²) in [5.41, 5.74) is 26.4. The molecular weight excluding hydrogens is 497 g/mol. The van der Waals surface area contributed by atoms with Gasteiger partial charge in [-0.2, -0.15) is 4.57 Å². The van der Waals surface area contributed by atoms with Crippen LogP contribution in [-0.4, -0.2) is 0 Å². The number of hydrogen-bond donors (Lipinski definition) is 3. The number of anilines is 3. The van der Waals surface area contributed by atoms with E-state index < -0.39 is 7.82 Å². The highest BCUT2D eigenvalue weighted by Crippen LogP contribution is 2.53. The molecule has 0 bridgehead atoms. The van der Waals surface area contributed by atoms with E-state index in [1.165, 1.54) is 0 Å². The van der Waals surface area contributed by atoms with Crippen molar-refractivity contribution in [1.29, 1.82) is 0 Å². The summed E-state index contributed by atoms with van der Waals surface area (Å²) in [5, 5.41) is 0. The molecule has 206 valence electrons. The predicted octanol–water partition coefficient (Wildman–Crippen LogP) is 7.45. The van der Waals surface area contributed by atoms with Crippen LogP contribution < -0.4 is 30.8 Å². The van der Waals surface area contributed by atoms with E-state index in [1.807, 2.05) is 59.7 Å². The monoisotopic (exact) mass is 539 g/mol. The number of nitrogen functional groups attached to an aromatic ring is 3. The summed E-state index contributed by atoms with van der Waals surface area (Å²) >= 11 is 0. The molecular formula is C30H42N3O4P. The van der Waals surface area contributed by atoms with E-state index in [4.69, 9.17) is 30.8 Å². The van der Waals surface area contributed by atoms with Crippen LogP contribution in [0, 0.1) is 0 Å². The summed E-state index contributed by atoms with van der Waals surface area (Å²) in [6.07, 6.45) is 4.09. The van der Waals surface area contributed by atoms with Crippen LogP contribution in [0.15, 0.2) is 36.4 Å². The van der Waals surface area contributed by atoms with E-state index in [0.29, 0.717) is 53.6 Å². The normalized spacial score (nSPS) is 11.4. The highest BCUT2D eigenvalue weighted by Gasteiger charge is 2.36. The lowest BCUT2D eigenvalue weighted by Gasteiger charge is -2.25. The number of phosphoric ester groups is 1. The molecule has 0 heterocycles. The molecule has 0 unspecified atom stereocenters. The van der Waals surface area contributed by atoms with Crippen LogP contribution in [0.1, 0.15) is 74.9 Å². The summed E-state index contributed by atoms with van der Waals surface area (Å²) in [6, 6.07) is 11.0. The Bertz CT molecular complexity index is 1180. The van der Waals surface area contributed by atoms with Crippen LogP contribution >= 0.6 is 7.82 Å². The Kier molecular flexibility index (Phi) is 9.61. The smallest absolute Gasteiger partial charge is 0.398 e. The van der Waals surface area contributed by atoms with Crippen molar-refractivity contribution in [1.82, 2.24) is 0 Å². The highest BCUT2D eigenvalue weighted by atomic mass is 31.2. The standard InChI is InChI=1S/C30H42N3O4P/c1-7-19-13-16-25(22(10-4)28(19)31)35-38(34,36-26-17-14-20(8-2)29(32)23(26)11-5)37-27-18-15-21(9-3)30(33)24(27)12-6/h13-18H,7-12,31-33H2,1-6H3. The van der Waals surface area contributed by atoms with Crippen molar-refractivity contribution in [3.8, 4) is 17.2 Å². The van der Waals surface area contributed by atoms with Gasteiger partial charge in [-0.25, -0.2) is 0 Å². The molecule has 3 aromatic carbocycles. The van der Waals surface area contributed by atoms with Crippen LogP contribution in [0.25, 0.3) is 0 Å². The zero-order valence-electron chi connectivity index (χ0n) is 23.5. The van der Waals surface area contributed by atoms with Gasteiger partial charge >= 0.3 is 7.82 Å². The molecule has 0 aliphatic rings. The molecule has 6 N–H and O–H groups in total. The molecule has 0 saturated carbocycles. The molecule has 0 aliphatic carbocycles. The molecule has 0 amide bonds. The van der Waals surface area contributed by atoms with Crippen molar-refractivity contribution < 1.29 is 18.1 Å². The number of benzene rings is 3. The molecule has 0 atom stereocenters. The fraction of sp³-hybridized carbons (Fsp3) is 0.400. The summed E-state index contributed by atoms with van der Waals surface area (Å²) in [6.45, 7) is 12.0. The van der Waals surface area contributed by atoms with E-state index in [1.54, 1.807) is 18.2 Å². The second-order valence-electron chi connectivity index (χ2n) is 9.19. The summed E-state index contributed by atoms with van der Waals surface area (Å²) in [4.78, 5) is 0. The number of hydrogen-bond acceptors (Lipinski definition) is 7. The first-order valence-corrected chi connectivity index (χ1v) is 15.0. The summed E-state index contributed by atoms with van der Waals surface area (Å²) < 4.78 is 33.0.